The van der Waals surface area contributed by atoms with E-state index in [0.717, 1.165) is 34.5 Å². The van der Waals surface area contributed by atoms with Crippen molar-refractivity contribution in [3.8, 4) is 17.1 Å². The summed E-state index contributed by atoms with van der Waals surface area (Å²) in [6.07, 6.45) is -0.951. The molecule has 19 heteroatoms. The van der Waals surface area contributed by atoms with Gasteiger partial charge in [0.2, 0.25) is 11.7 Å². The number of piperidine rings is 1. The van der Waals surface area contributed by atoms with Crippen LogP contribution in [0.5, 0.6) is 5.75 Å². The van der Waals surface area contributed by atoms with Crippen molar-refractivity contribution in [1.82, 2.24) is 34.0 Å². The van der Waals surface area contributed by atoms with Crippen molar-refractivity contribution >= 4 is 44.7 Å². The van der Waals surface area contributed by atoms with E-state index < -0.39 is 45.0 Å². The van der Waals surface area contributed by atoms with Gasteiger partial charge in [0.1, 0.15) is 19.5 Å². The second-order valence-corrected chi connectivity index (χ2v) is 17.8. The number of sulfone groups is 1. The molecular formula is C42H38ClF3N8O6S. The largest absolute Gasteiger partial charge is 0.485 e. The minimum atomic E-state index is -4.64. The van der Waals surface area contributed by atoms with Gasteiger partial charge >= 0.3 is 6.18 Å². The number of amides is 2. The Morgan fingerprint density at radius 1 is 1.02 bits per heavy atom. The molecule has 14 nitrogen and oxygen atoms in total. The van der Waals surface area contributed by atoms with Crippen LogP contribution >= 0.6 is 11.6 Å². The molecule has 8 rings (SSSR count). The summed E-state index contributed by atoms with van der Waals surface area (Å²) in [4.78, 5) is 57.6. The van der Waals surface area contributed by atoms with Crippen molar-refractivity contribution in [2.75, 3.05) is 24.7 Å². The molecule has 316 valence electrons. The molecule has 61 heavy (non-hydrogen) atoms. The monoisotopic (exact) mass is 874 g/mol. The van der Waals surface area contributed by atoms with E-state index in [0.29, 0.717) is 41.8 Å². The van der Waals surface area contributed by atoms with Crippen molar-refractivity contribution in [1.29, 1.82) is 0 Å². The first kappa shape index (κ1) is 41.6. The fourth-order valence-electron chi connectivity index (χ4n) is 8.38. The summed E-state index contributed by atoms with van der Waals surface area (Å²) in [5.41, 5.74) is 0.704. The Kier molecular flexibility index (Phi) is 10.7. The number of anilines is 1. The third kappa shape index (κ3) is 7.96. The molecule has 1 aliphatic heterocycles. The predicted octanol–water partition coefficient (Wildman–Crippen LogP) is 6.63. The van der Waals surface area contributed by atoms with Crippen LogP contribution in [0.15, 0.2) is 88.8 Å². The van der Waals surface area contributed by atoms with Crippen LogP contribution < -0.4 is 15.6 Å². The maximum atomic E-state index is 14.7. The van der Waals surface area contributed by atoms with Crippen molar-refractivity contribution in [3.63, 3.8) is 0 Å². The molecule has 1 fully saturated rings. The number of nitrogens with zero attached hydrogens (tertiary/aromatic N) is 7. The van der Waals surface area contributed by atoms with E-state index in [1.165, 1.54) is 30.6 Å². The molecule has 1 aliphatic carbocycles. The van der Waals surface area contributed by atoms with Crippen LogP contribution in [0.1, 0.15) is 70.7 Å². The highest BCUT2D eigenvalue weighted by Gasteiger charge is 2.49. The second kappa shape index (κ2) is 15.7. The van der Waals surface area contributed by atoms with Gasteiger partial charge in [-0.05, 0) is 80.1 Å². The van der Waals surface area contributed by atoms with Crippen LogP contribution in [0.2, 0.25) is 5.02 Å². The van der Waals surface area contributed by atoms with Crippen LogP contribution in [0.3, 0.4) is 0 Å². The Morgan fingerprint density at radius 3 is 2.38 bits per heavy atom. The number of carbonyl (C=O) groups is 2. The lowest BCUT2D eigenvalue weighted by atomic mass is 9.73. The van der Waals surface area contributed by atoms with Gasteiger partial charge in [0.05, 0.1) is 26.9 Å². The van der Waals surface area contributed by atoms with Gasteiger partial charge in [-0.1, -0.05) is 48.9 Å². The minimum Gasteiger partial charge on any atom is -0.485 e. The summed E-state index contributed by atoms with van der Waals surface area (Å²) in [6.45, 7) is 4.00. The molecule has 4 heterocycles. The summed E-state index contributed by atoms with van der Waals surface area (Å²) < 4.78 is 73.1. The predicted molar refractivity (Wildman–Crippen MR) is 218 cm³/mol. The Bertz CT molecular complexity index is 2880. The quantitative estimate of drug-likeness (QED) is 0.166. The highest BCUT2D eigenvalue weighted by molar-refractivity contribution is 7.90. The second-order valence-electron chi connectivity index (χ2n) is 15.4. The molecule has 3 aromatic carbocycles. The molecule has 1 unspecified atom stereocenters. The number of hydrogen-bond donors (Lipinski definition) is 1. The van der Waals surface area contributed by atoms with Gasteiger partial charge in [-0.2, -0.15) is 22.7 Å². The molecule has 1 N–H and O–H groups in total. The number of alkyl halides is 3. The van der Waals surface area contributed by atoms with E-state index in [2.05, 4.69) is 25.4 Å². The number of aryl methyl sites for hydroxylation is 1. The number of benzene rings is 3. The Labute approximate surface area is 352 Å². The Morgan fingerprint density at radius 2 is 1.72 bits per heavy atom. The summed E-state index contributed by atoms with van der Waals surface area (Å²) in [5, 5.41) is 6.84. The topological polar surface area (TPSA) is 171 Å². The molecule has 1 spiro atoms. The zero-order valence-corrected chi connectivity index (χ0v) is 34.6. The summed E-state index contributed by atoms with van der Waals surface area (Å²) in [7, 11) is -3.51. The zero-order valence-electron chi connectivity index (χ0n) is 33.0. The average molecular weight is 875 g/mol. The van der Waals surface area contributed by atoms with Gasteiger partial charge in [-0.15, -0.1) is 5.10 Å². The highest BCUT2D eigenvalue weighted by atomic mass is 35.5. The number of likely N-dealkylation sites (tertiary alicyclic amines) is 1. The SMILES string of the molecule is Cc1ncnc(C(=O)N2CCC3(CC2)CC(C)c2c3c(=O)n3nc(-c4ccc(S(C)(=O)=O)cc4)nc3n2CC(=O)Nc2ccc(C(F)(F)F)cc2Cl)c1OCc1ccccc1. The number of ether oxygens (including phenoxy) is 1. The fraction of sp³-hybridized carbons (Fsp3) is 0.310. The zero-order chi connectivity index (χ0) is 43.4. The molecule has 2 amide bonds. The van der Waals surface area contributed by atoms with E-state index in [4.69, 9.17) is 16.3 Å². The van der Waals surface area contributed by atoms with Crippen molar-refractivity contribution in [3.05, 3.63) is 128 Å². The molecule has 1 atom stereocenters. The van der Waals surface area contributed by atoms with Gasteiger partial charge in [0, 0.05) is 41.6 Å². The van der Waals surface area contributed by atoms with Gasteiger partial charge in [-0.25, -0.2) is 18.4 Å². The van der Waals surface area contributed by atoms with Gasteiger partial charge in [0.15, 0.2) is 27.1 Å². The van der Waals surface area contributed by atoms with Crippen LogP contribution in [0, 0.1) is 6.92 Å². The summed E-state index contributed by atoms with van der Waals surface area (Å²) in [6, 6.07) is 17.9. The third-order valence-electron chi connectivity index (χ3n) is 11.3. The number of aromatic nitrogens is 6. The number of hydrogen-bond acceptors (Lipinski definition) is 10. The maximum Gasteiger partial charge on any atom is 0.416 e. The van der Waals surface area contributed by atoms with Gasteiger partial charge in [0.25, 0.3) is 11.5 Å². The first-order chi connectivity index (χ1) is 28.9. The number of rotatable bonds is 9. The normalized spacial score (nSPS) is 16.2. The lowest BCUT2D eigenvalue weighted by Crippen LogP contribution is -2.47. The molecule has 3 aromatic heterocycles. The first-order valence-electron chi connectivity index (χ1n) is 19.2. The van der Waals surface area contributed by atoms with Crippen molar-refractivity contribution in [2.24, 2.45) is 0 Å². The van der Waals surface area contributed by atoms with Gasteiger partial charge in [-0.3, -0.25) is 14.4 Å². The van der Waals surface area contributed by atoms with Gasteiger partial charge < -0.3 is 19.5 Å². The number of carbonyl (C=O) groups excluding carboxylic acids is 2. The summed E-state index contributed by atoms with van der Waals surface area (Å²) in [5.74, 6) is -0.884. The fourth-order valence-corrected chi connectivity index (χ4v) is 9.24. The van der Waals surface area contributed by atoms with Crippen molar-refractivity contribution < 1.29 is 35.9 Å². The lowest BCUT2D eigenvalue weighted by molar-refractivity contribution is -0.137. The summed E-state index contributed by atoms with van der Waals surface area (Å²) >= 11 is 6.18. The number of halogens is 4. The standard InChI is InChI=1S/C42H38ClF3N8O6S/c1-24-20-41(15-17-52(18-16-41)39(57)34-36(25(2)47-23-48-34)60-22-26-7-5-4-6-8-26)33-35(24)53(21-32(55)49-31-14-11-28(19-30(31)43)42(44,45)46)40-50-37(51-54(40)38(33)56)27-9-12-29(13-10-27)61(3,58)59/h4-14,19,23-24H,15-18,20-22H2,1-3H3,(H,49,55). The third-order valence-corrected chi connectivity index (χ3v) is 12.8. The van der Waals surface area contributed by atoms with Crippen molar-refractivity contribution in [2.45, 2.75) is 68.7 Å². The van der Waals surface area contributed by atoms with Crippen LogP contribution in [-0.4, -0.2) is 73.6 Å². The Balaban J connectivity index is 1.14. The highest BCUT2D eigenvalue weighted by Crippen LogP contribution is 2.50. The van der Waals surface area contributed by atoms with Crippen LogP contribution in [-0.2, 0) is 39.4 Å². The molecule has 0 radical (unpaired) electrons. The number of fused-ring (bicyclic) bond motifs is 3. The average Bonchev–Trinajstić information content (AvgIpc) is 3.79. The van der Waals surface area contributed by atoms with E-state index in [1.807, 2.05) is 37.3 Å². The maximum absolute atomic E-state index is 14.7. The molecule has 2 aliphatic rings. The van der Waals surface area contributed by atoms with Crippen LogP contribution in [0.25, 0.3) is 17.2 Å². The Hall–Kier alpha value is -6.14. The molecular weight excluding hydrogens is 837 g/mol. The molecule has 0 bridgehead atoms. The van der Waals surface area contributed by atoms with Crippen LogP contribution in [0.4, 0.5) is 18.9 Å². The van der Waals surface area contributed by atoms with E-state index in [1.54, 1.807) is 16.4 Å². The van der Waals surface area contributed by atoms with E-state index >= 15 is 0 Å². The molecule has 6 aromatic rings. The smallest absolute Gasteiger partial charge is 0.416 e. The first-order valence-corrected chi connectivity index (χ1v) is 21.5. The molecule has 1 saturated heterocycles. The number of nitrogens with one attached hydrogen (secondary N) is 1. The lowest BCUT2D eigenvalue weighted by Gasteiger charge is -2.39. The minimum absolute atomic E-state index is 0.0262. The van der Waals surface area contributed by atoms with E-state index in [-0.39, 0.29) is 70.2 Å². The van der Waals surface area contributed by atoms with E-state index in [9.17, 15) is 36.0 Å². The molecule has 0 saturated carbocycles.